The first-order valence-electron chi connectivity index (χ1n) is 9.93. The Kier molecular flexibility index (Phi) is 4.74. The Labute approximate surface area is 160 Å². The largest absolute Gasteiger partial charge is 0.454 e. The number of hydrogen-bond donors (Lipinski definition) is 0. The van der Waals surface area contributed by atoms with E-state index in [2.05, 4.69) is 13.8 Å². The standard InChI is InChI=1S/C21H28N2O4/c1-21(2)8-4-3-5-16(21)20(25)23-11-9-22(10-12-23)19(24)15-6-7-17-18(13-15)27-14-26-17/h6-7,13,16H,3-5,8-12,14H2,1-2H3. The zero-order chi connectivity index (χ0) is 19.0. The molecule has 27 heavy (non-hydrogen) atoms. The summed E-state index contributed by atoms with van der Waals surface area (Å²) < 4.78 is 10.7. The maximum Gasteiger partial charge on any atom is 0.254 e. The second-order valence-electron chi connectivity index (χ2n) is 8.47. The zero-order valence-corrected chi connectivity index (χ0v) is 16.2. The highest BCUT2D eigenvalue weighted by Crippen LogP contribution is 2.41. The fourth-order valence-corrected chi connectivity index (χ4v) is 4.51. The van der Waals surface area contributed by atoms with Gasteiger partial charge in [0.25, 0.3) is 5.91 Å². The van der Waals surface area contributed by atoms with E-state index in [-0.39, 0.29) is 29.9 Å². The lowest BCUT2D eigenvalue weighted by Crippen LogP contribution is -2.53. The van der Waals surface area contributed by atoms with Crippen LogP contribution in [0.3, 0.4) is 0 Å². The van der Waals surface area contributed by atoms with Gasteiger partial charge in [-0.1, -0.05) is 26.7 Å². The van der Waals surface area contributed by atoms with Gasteiger partial charge in [-0.3, -0.25) is 9.59 Å². The number of amides is 2. The summed E-state index contributed by atoms with van der Waals surface area (Å²) in [5, 5.41) is 0. The predicted molar refractivity (Wildman–Crippen MR) is 101 cm³/mol. The van der Waals surface area contributed by atoms with Crippen LogP contribution in [-0.2, 0) is 4.79 Å². The number of carbonyl (C=O) groups excluding carboxylic acids is 2. The lowest BCUT2D eigenvalue weighted by molar-refractivity contribution is -0.142. The molecule has 1 aromatic rings. The van der Waals surface area contributed by atoms with Crippen LogP contribution in [0.2, 0.25) is 0 Å². The molecule has 1 unspecified atom stereocenters. The Morgan fingerprint density at radius 2 is 1.70 bits per heavy atom. The summed E-state index contributed by atoms with van der Waals surface area (Å²) >= 11 is 0. The summed E-state index contributed by atoms with van der Waals surface area (Å²) in [7, 11) is 0. The molecule has 2 aliphatic heterocycles. The van der Waals surface area contributed by atoms with Crippen molar-refractivity contribution in [2.24, 2.45) is 11.3 Å². The number of hydrogen-bond acceptors (Lipinski definition) is 4. The molecule has 6 heteroatoms. The number of ether oxygens (including phenoxy) is 2. The van der Waals surface area contributed by atoms with E-state index in [9.17, 15) is 9.59 Å². The summed E-state index contributed by atoms with van der Waals surface area (Å²) in [4.78, 5) is 29.6. The Hall–Kier alpha value is -2.24. The van der Waals surface area contributed by atoms with Crippen molar-refractivity contribution in [1.29, 1.82) is 0 Å². The van der Waals surface area contributed by atoms with E-state index in [4.69, 9.17) is 9.47 Å². The van der Waals surface area contributed by atoms with Crippen LogP contribution in [0.15, 0.2) is 18.2 Å². The van der Waals surface area contributed by atoms with Crippen LogP contribution in [-0.4, -0.2) is 54.6 Å². The molecule has 0 N–H and O–H groups in total. The molecule has 1 atom stereocenters. The SMILES string of the molecule is CC1(C)CCCCC1C(=O)N1CCN(C(=O)c2ccc3c(c2)OCO3)CC1. The van der Waals surface area contributed by atoms with Gasteiger partial charge in [-0.05, 0) is 36.5 Å². The van der Waals surface area contributed by atoms with E-state index in [1.54, 1.807) is 18.2 Å². The molecule has 2 amide bonds. The minimum absolute atomic E-state index is 0.0154. The van der Waals surface area contributed by atoms with Gasteiger partial charge in [0.15, 0.2) is 11.5 Å². The molecular formula is C21H28N2O4. The van der Waals surface area contributed by atoms with Gasteiger partial charge in [-0.15, -0.1) is 0 Å². The summed E-state index contributed by atoms with van der Waals surface area (Å²) in [5.41, 5.74) is 0.682. The highest BCUT2D eigenvalue weighted by atomic mass is 16.7. The highest BCUT2D eigenvalue weighted by Gasteiger charge is 2.40. The molecule has 0 aromatic heterocycles. The van der Waals surface area contributed by atoms with Gasteiger partial charge in [0.2, 0.25) is 12.7 Å². The van der Waals surface area contributed by atoms with E-state index < -0.39 is 0 Å². The Morgan fingerprint density at radius 3 is 2.44 bits per heavy atom. The van der Waals surface area contributed by atoms with Crippen molar-refractivity contribution < 1.29 is 19.1 Å². The van der Waals surface area contributed by atoms with Crippen LogP contribution < -0.4 is 9.47 Å². The van der Waals surface area contributed by atoms with Crippen molar-refractivity contribution >= 4 is 11.8 Å². The van der Waals surface area contributed by atoms with Crippen LogP contribution >= 0.6 is 0 Å². The predicted octanol–water partition coefficient (Wildman–Crippen LogP) is 2.92. The molecule has 0 bridgehead atoms. The summed E-state index contributed by atoms with van der Waals surface area (Å²) in [6.07, 6.45) is 4.46. The van der Waals surface area contributed by atoms with Crippen molar-refractivity contribution in [3.8, 4) is 11.5 Å². The summed E-state index contributed by atoms with van der Waals surface area (Å²) in [6, 6.07) is 5.30. The van der Waals surface area contributed by atoms with Crippen molar-refractivity contribution in [1.82, 2.24) is 9.80 Å². The average molecular weight is 372 g/mol. The van der Waals surface area contributed by atoms with Crippen molar-refractivity contribution in [3.05, 3.63) is 23.8 Å². The monoisotopic (exact) mass is 372 g/mol. The minimum atomic E-state index is -0.0154. The van der Waals surface area contributed by atoms with Crippen molar-refractivity contribution in [2.45, 2.75) is 39.5 Å². The second kappa shape index (κ2) is 7.06. The Bertz CT molecular complexity index is 738. The number of benzene rings is 1. The number of carbonyl (C=O) groups is 2. The van der Waals surface area contributed by atoms with Gasteiger partial charge in [0, 0.05) is 37.7 Å². The molecule has 0 spiro atoms. The van der Waals surface area contributed by atoms with Crippen molar-refractivity contribution in [2.75, 3.05) is 33.0 Å². The maximum atomic E-state index is 13.0. The first kappa shape index (κ1) is 18.1. The molecule has 2 fully saturated rings. The van der Waals surface area contributed by atoms with Gasteiger partial charge in [0.05, 0.1) is 0 Å². The van der Waals surface area contributed by atoms with Gasteiger partial charge < -0.3 is 19.3 Å². The fourth-order valence-electron chi connectivity index (χ4n) is 4.51. The lowest BCUT2D eigenvalue weighted by atomic mass is 9.68. The maximum absolute atomic E-state index is 13.0. The van der Waals surface area contributed by atoms with Crippen LogP contribution in [0.4, 0.5) is 0 Å². The van der Waals surface area contributed by atoms with E-state index in [1.807, 2.05) is 9.80 Å². The first-order chi connectivity index (χ1) is 13.0. The molecule has 1 aliphatic carbocycles. The molecule has 1 saturated carbocycles. The number of rotatable bonds is 2. The van der Waals surface area contributed by atoms with Gasteiger partial charge in [-0.25, -0.2) is 0 Å². The molecule has 146 valence electrons. The molecule has 2 heterocycles. The Morgan fingerprint density at radius 1 is 1.00 bits per heavy atom. The normalized spacial score (nSPS) is 24.0. The molecule has 4 rings (SSSR count). The third-order valence-corrected chi connectivity index (χ3v) is 6.30. The number of piperazine rings is 1. The molecule has 3 aliphatic rings. The van der Waals surface area contributed by atoms with Gasteiger partial charge in [0.1, 0.15) is 0 Å². The quantitative estimate of drug-likeness (QED) is 0.801. The van der Waals surface area contributed by atoms with Gasteiger partial charge in [-0.2, -0.15) is 0 Å². The number of fused-ring (bicyclic) bond motifs is 1. The topological polar surface area (TPSA) is 59.1 Å². The average Bonchev–Trinajstić information content (AvgIpc) is 3.14. The molecule has 1 saturated heterocycles. The third kappa shape index (κ3) is 3.49. The van der Waals surface area contributed by atoms with E-state index in [0.717, 1.165) is 19.3 Å². The smallest absolute Gasteiger partial charge is 0.254 e. The molecule has 0 radical (unpaired) electrons. The molecular weight excluding hydrogens is 344 g/mol. The molecule has 1 aromatic carbocycles. The van der Waals surface area contributed by atoms with Crippen LogP contribution in [0.5, 0.6) is 11.5 Å². The third-order valence-electron chi connectivity index (χ3n) is 6.30. The van der Waals surface area contributed by atoms with E-state index in [1.165, 1.54) is 6.42 Å². The number of nitrogens with zero attached hydrogens (tertiary/aromatic N) is 2. The van der Waals surface area contributed by atoms with Crippen molar-refractivity contribution in [3.63, 3.8) is 0 Å². The van der Waals surface area contributed by atoms with Crippen LogP contribution in [0.25, 0.3) is 0 Å². The van der Waals surface area contributed by atoms with E-state index >= 15 is 0 Å². The minimum Gasteiger partial charge on any atom is -0.454 e. The lowest BCUT2D eigenvalue weighted by Gasteiger charge is -2.42. The fraction of sp³-hybridized carbons (Fsp3) is 0.619. The zero-order valence-electron chi connectivity index (χ0n) is 16.2. The summed E-state index contributed by atoms with van der Waals surface area (Å²) in [5.74, 6) is 1.67. The second-order valence-corrected chi connectivity index (χ2v) is 8.47. The van der Waals surface area contributed by atoms with Crippen LogP contribution in [0.1, 0.15) is 49.9 Å². The van der Waals surface area contributed by atoms with Crippen LogP contribution in [0, 0.1) is 11.3 Å². The van der Waals surface area contributed by atoms with Gasteiger partial charge >= 0.3 is 0 Å². The van der Waals surface area contributed by atoms with E-state index in [0.29, 0.717) is 43.2 Å². The first-order valence-corrected chi connectivity index (χ1v) is 9.93. The Balaban J connectivity index is 1.37. The highest BCUT2D eigenvalue weighted by molar-refractivity contribution is 5.95. The summed E-state index contributed by atoms with van der Waals surface area (Å²) in [6.45, 7) is 7.01. The molecule has 6 nitrogen and oxygen atoms in total.